The maximum absolute atomic E-state index is 13.5. The van der Waals surface area contributed by atoms with Gasteiger partial charge < -0.3 is 28.8 Å². The molecule has 3 saturated heterocycles. The molecule has 33 nitrogen and oxygen atoms in total. The van der Waals surface area contributed by atoms with Crippen LogP contribution in [0, 0.1) is 20.8 Å². The van der Waals surface area contributed by atoms with Crippen LogP contribution in [0.2, 0.25) is 0 Å². The maximum atomic E-state index is 13.5. The minimum absolute atomic E-state index is 0.229. The van der Waals surface area contributed by atoms with Gasteiger partial charge in [-0.2, -0.15) is 12.9 Å². The first-order chi connectivity index (χ1) is 52.6. The van der Waals surface area contributed by atoms with Gasteiger partial charge in [-0.3, -0.25) is 14.4 Å². The number of fused-ring (bicyclic) bond motifs is 9. The molecule has 3 unspecified atom stereocenters. The Labute approximate surface area is 632 Å². The minimum atomic E-state index is -3.61. The van der Waals surface area contributed by atoms with Gasteiger partial charge in [0.1, 0.15) is 104 Å². The van der Waals surface area contributed by atoms with E-state index in [0.717, 1.165) is 52.1 Å². The van der Waals surface area contributed by atoms with E-state index in [2.05, 4.69) is 65.1 Å². The SMILES string of the molecule is CCn1c(-c2cnc(C)nc2)nc2c(-c3ccc4c(c3)C3(CCCN3S(C)(=O)=O)C(=O)N4)ncnc21.CCn1c(-c2cnc(C)nc2)nc2c(-c3ccc4c(c3)C3(CCCN3S(C)(=O)=O)C(=O)N4C)ncnc21.CCn1c(-c2cnc(C)nc2)nc2c(-c3ccc4c(c3)C3(CCCN3S(C)(=O)=O)C(=O)N4C)ncnc21. The predicted octanol–water partition coefficient (Wildman–Crippen LogP) is 7.49. The summed E-state index contributed by atoms with van der Waals surface area (Å²) in [5.74, 6) is 3.29. The molecule has 15 heterocycles. The van der Waals surface area contributed by atoms with Gasteiger partial charge in [0, 0.05) is 141 Å². The number of carbonyl (C=O) groups excluding carboxylic acids is 3. The number of benzene rings is 3. The van der Waals surface area contributed by atoms with Crippen LogP contribution in [0.4, 0.5) is 17.1 Å². The second-order valence-corrected chi connectivity index (χ2v) is 33.8. The Hall–Kier alpha value is -11.3. The minimum Gasteiger partial charge on any atom is -0.324 e. The monoisotopic (exact) mass is 1540 g/mol. The molecule has 9 aromatic heterocycles. The number of likely N-dealkylation sites (N-methyl/N-ethyl adjacent to an activating group) is 2. The molecule has 18 rings (SSSR count). The zero-order chi connectivity index (χ0) is 77.5. The third-order valence-electron chi connectivity index (χ3n) is 21.7. The molecule has 3 amide bonds. The van der Waals surface area contributed by atoms with Crippen LogP contribution in [0.5, 0.6) is 0 Å². The smallest absolute Gasteiger partial charge is 0.252 e. The number of sulfonamides is 3. The quantitative estimate of drug-likeness (QED) is 0.124. The molecular formula is C74H76N24O9S3. The highest BCUT2D eigenvalue weighted by molar-refractivity contribution is 7.89. The highest BCUT2D eigenvalue weighted by Crippen LogP contribution is 2.55. The molecule has 0 saturated carbocycles. The van der Waals surface area contributed by atoms with Gasteiger partial charge in [-0.1, -0.05) is 18.2 Å². The number of nitrogens with one attached hydrogen (secondary N) is 1. The van der Waals surface area contributed by atoms with Crippen LogP contribution >= 0.6 is 0 Å². The molecule has 36 heteroatoms. The van der Waals surface area contributed by atoms with Crippen molar-refractivity contribution in [1.82, 2.24) is 101 Å². The first-order valence-electron chi connectivity index (χ1n) is 35.8. The largest absolute Gasteiger partial charge is 0.324 e. The molecule has 110 heavy (non-hydrogen) atoms. The molecular weight excluding hydrogens is 1470 g/mol. The lowest BCUT2D eigenvalue weighted by Gasteiger charge is -2.32. The van der Waals surface area contributed by atoms with E-state index in [0.29, 0.717) is 197 Å². The second kappa shape index (κ2) is 26.8. The van der Waals surface area contributed by atoms with Gasteiger partial charge in [-0.05, 0) is 116 Å². The van der Waals surface area contributed by atoms with Crippen molar-refractivity contribution in [3.05, 3.63) is 145 Å². The predicted molar refractivity (Wildman–Crippen MR) is 409 cm³/mol. The van der Waals surface area contributed by atoms with Crippen LogP contribution < -0.4 is 15.1 Å². The summed E-state index contributed by atoms with van der Waals surface area (Å²) in [5.41, 5.74) is 10.4. The average Bonchev–Trinajstić information content (AvgIpc) is 1.55. The molecule has 0 radical (unpaired) electrons. The second-order valence-electron chi connectivity index (χ2n) is 28.1. The van der Waals surface area contributed by atoms with Crippen LogP contribution in [-0.4, -0.2) is 197 Å². The van der Waals surface area contributed by atoms with E-state index >= 15 is 0 Å². The first-order valence-corrected chi connectivity index (χ1v) is 41.4. The van der Waals surface area contributed by atoms with Crippen LogP contribution in [0.15, 0.2) is 111 Å². The van der Waals surface area contributed by atoms with E-state index in [1.54, 1.807) is 67.1 Å². The van der Waals surface area contributed by atoms with Gasteiger partial charge in [0.25, 0.3) is 17.7 Å². The number of amides is 3. The first kappa shape index (κ1) is 72.9. The summed E-state index contributed by atoms with van der Waals surface area (Å²) in [6, 6.07) is 16.8. The molecule has 564 valence electrons. The Morgan fingerprint density at radius 2 is 0.709 bits per heavy atom. The molecule has 3 fully saturated rings. The molecule has 3 aromatic carbocycles. The fraction of sp³-hybridized carbons (Fsp3) is 0.351. The Bertz CT molecular complexity index is 5950. The molecule has 12 aromatic rings. The fourth-order valence-corrected chi connectivity index (χ4v) is 20.7. The molecule has 3 spiro atoms. The van der Waals surface area contributed by atoms with Gasteiger partial charge >= 0.3 is 0 Å². The zero-order valence-electron chi connectivity index (χ0n) is 62.1. The highest BCUT2D eigenvalue weighted by atomic mass is 32.2. The number of carbonyl (C=O) groups is 3. The van der Waals surface area contributed by atoms with Gasteiger partial charge in [0.2, 0.25) is 30.1 Å². The van der Waals surface area contributed by atoms with E-state index in [4.69, 9.17) is 15.0 Å². The van der Waals surface area contributed by atoms with Crippen molar-refractivity contribution in [1.29, 1.82) is 0 Å². The Morgan fingerprint density at radius 1 is 0.400 bits per heavy atom. The van der Waals surface area contributed by atoms with Crippen LogP contribution in [0.25, 0.3) is 101 Å². The summed E-state index contributed by atoms with van der Waals surface area (Å²) in [4.78, 5) is 111. The number of nitrogens with zero attached hydrogens (tertiary/aromatic N) is 23. The Kier molecular flexibility index (Phi) is 17.7. The third-order valence-corrected chi connectivity index (χ3v) is 25.6. The van der Waals surface area contributed by atoms with Crippen molar-refractivity contribution in [3.8, 4) is 67.9 Å². The van der Waals surface area contributed by atoms with E-state index in [1.807, 2.05) is 104 Å². The normalized spacial score (nSPS) is 19.9. The number of imidazole rings is 3. The lowest BCUT2D eigenvalue weighted by atomic mass is 9.88. The van der Waals surface area contributed by atoms with Gasteiger partial charge in [-0.15, -0.1) is 0 Å². The lowest BCUT2D eigenvalue weighted by molar-refractivity contribution is -0.126. The number of aryl methyl sites for hydroxylation is 6. The van der Waals surface area contributed by atoms with Crippen LogP contribution in [0.1, 0.15) is 93.5 Å². The average molecular weight is 1540 g/mol. The number of anilines is 3. The van der Waals surface area contributed by atoms with E-state index in [1.165, 1.54) is 31.9 Å². The summed E-state index contributed by atoms with van der Waals surface area (Å²) < 4.78 is 86.1. The number of hydrogen-bond acceptors (Lipinski definition) is 24. The standard InChI is InChI=1S/2C25H26N8O3S.C24H24N8O3S/c2*1-5-32-22(17-12-26-15(2)27-13-17)30-21-20(28-14-29-23(21)32)16-7-8-19-18(11-16)25(24(34)31(19)3)9-6-10-33(25)37(4,35)36;1-4-31-21(16-11-25-14(2)26-12-16)30-20-19(27-13-28-22(20)31)15-6-7-18-17(10-15)24(23(33)29-18)8-5-9-32(24)36(3,34)35/h2*7-8,11-14H,5-6,9-10H2,1-4H3;6-7,10-13H,4-5,8-9H2,1-3H3,(H,29,33). The lowest BCUT2D eigenvalue weighted by Crippen LogP contribution is -2.50. The highest BCUT2D eigenvalue weighted by Gasteiger charge is 2.61. The number of hydrogen-bond donors (Lipinski definition) is 1. The Balaban J connectivity index is 0.000000125. The van der Waals surface area contributed by atoms with Gasteiger partial charge in [0.05, 0.1) is 35.5 Å². The molecule has 1 N–H and O–H groups in total. The summed E-state index contributed by atoms with van der Waals surface area (Å²) in [6.45, 7) is 14.3. The topological polar surface area (TPSA) is 390 Å². The van der Waals surface area contributed by atoms with E-state index in [-0.39, 0.29) is 17.7 Å². The summed E-state index contributed by atoms with van der Waals surface area (Å²) >= 11 is 0. The van der Waals surface area contributed by atoms with Crippen molar-refractivity contribution in [2.75, 3.05) is 67.6 Å². The van der Waals surface area contributed by atoms with E-state index < -0.39 is 46.7 Å². The van der Waals surface area contributed by atoms with Crippen molar-refractivity contribution < 1.29 is 39.6 Å². The van der Waals surface area contributed by atoms with E-state index in [9.17, 15) is 39.6 Å². The van der Waals surface area contributed by atoms with Crippen molar-refractivity contribution in [2.45, 2.75) is 116 Å². The van der Waals surface area contributed by atoms with Crippen LogP contribution in [0.3, 0.4) is 0 Å². The third kappa shape index (κ3) is 11.4. The molecule has 6 aliphatic heterocycles. The molecule has 0 aliphatic carbocycles. The number of rotatable bonds is 12. The van der Waals surface area contributed by atoms with Crippen molar-refractivity contribution >= 4 is 98.3 Å². The summed E-state index contributed by atoms with van der Waals surface area (Å²) in [6.07, 6.45) is 21.5. The summed E-state index contributed by atoms with van der Waals surface area (Å²) in [7, 11) is -7.45. The molecule has 6 aliphatic rings. The van der Waals surface area contributed by atoms with Crippen molar-refractivity contribution in [2.24, 2.45) is 0 Å². The molecule has 0 bridgehead atoms. The molecule has 3 atom stereocenters. The summed E-state index contributed by atoms with van der Waals surface area (Å²) in [5, 5.41) is 2.89. The fourth-order valence-electron chi connectivity index (χ4n) is 16.8. The van der Waals surface area contributed by atoms with Crippen molar-refractivity contribution in [3.63, 3.8) is 0 Å². The number of aromatic nitrogens is 18. The zero-order valence-corrected chi connectivity index (χ0v) is 64.5. The maximum Gasteiger partial charge on any atom is 0.252 e. The Morgan fingerprint density at radius 3 is 1.04 bits per heavy atom. The van der Waals surface area contributed by atoms with Gasteiger partial charge in [-0.25, -0.2) is 100 Å². The van der Waals surface area contributed by atoms with Gasteiger partial charge in [0.15, 0.2) is 16.9 Å². The van der Waals surface area contributed by atoms with Crippen LogP contribution in [-0.2, 0) is 80.7 Å².